The minimum atomic E-state index is -1.02. The lowest BCUT2D eigenvalue weighted by molar-refractivity contribution is -0.125. The lowest BCUT2D eigenvalue weighted by atomic mass is 10.1. The Kier molecular flexibility index (Phi) is 9.01. The molecule has 200 valence electrons. The van der Waals surface area contributed by atoms with Crippen molar-refractivity contribution in [3.63, 3.8) is 0 Å². The summed E-state index contributed by atoms with van der Waals surface area (Å²) < 4.78 is 18.3. The highest BCUT2D eigenvalue weighted by atomic mass is 32.1. The van der Waals surface area contributed by atoms with Crippen LogP contribution < -0.4 is 15.5 Å². The highest BCUT2D eigenvalue weighted by molar-refractivity contribution is 7.10. The molecule has 39 heavy (non-hydrogen) atoms. The van der Waals surface area contributed by atoms with E-state index >= 15 is 0 Å². The van der Waals surface area contributed by atoms with Gasteiger partial charge in [0.2, 0.25) is 11.8 Å². The Morgan fingerprint density at radius 1 is 1.05 bits per heavy atom. The lowest BCUT2D eigenvalue weighted by Crippen LogP contribution is -2.43. The van der Waals surface area contributed by atoms with Gasteiger partial charge in [-0.15, -0.1) is 11.3 Å². The molecule has 0 aliphatic heterocycles. The first kappa shape index (κ1) is 27.5. The van der Waals surface area contributed by atoms with Gasteiger partial charge in [-0.1, -0.05) is 42.4 Å². The predicted molar refractivity (Wildman–Crippen MR) is 148 cm³/mol. The Bertz CT molecular complexity index is 1450. The van der Waals surface area contributed by atoms with Gasteiger partial charge in [0.15, 0.2) is 5.82 Å². The smallest absolute Gasteiger partial charge is 0.252 e. The van der Waals surface area contributed by atoms with Gasteiger partial charge in [0.25, 0.3) is 5.91 Å². The summed E-state index contributed by atoms with van der Waals surface area (Å²) in [5, 5.41) is 10.9. The molecule has 4 aromatic rings. The number of aromatic nitrogens is 1. The molecule has 3 amide bonds. The summed E-state index contributed by atoms with van der Waals surface area (Å²) in [6.07, 6.45) is 3.01. The fourth-order valence-electron chi connectivity index (χ4n) is 3.82. The molecular weight excluding hydrogens is 519 g/mol. The van der Waals surface area contributed by atoms with E-state index in [1.165, 1.54) is 28.4 Å². The SMILES string of the molecule is CCc1ccc(N(C(=O)/C=C/C(=O)Nc2cc(C)on2)[C@H](C(=O)NCc2ccc(F)cc2)c2cccs2)cc1. The van der Waals surface area contributed by atoms with Crippen LogP contribution in [-0.4, -0.2) is 22.9 Å². The second kappa shape index (κ2) is 12.8. The standard InChI is InChI=1S/C29H27FN4O4S/c1-3-20-8-12-23(13-9-20)34(27(36)15-14-26(35)32-25-17-19(2)38-33-25)28(24-5-4-16-39-24)29(37)31-18-21-6-10-22(30)11-7-21/h4-17,28H,3,18H2,1-2H3,(H,31,37)(H,32,33,35)/b15-14+/t28-/m0/s1. The molecule has 10 heteroatoms. The first-order chi connectivity index (χ1) is 18.8. The number of nitrogens with zero attached hydrogens (tertiary/aromatic N) is 2. The van der Waals surface area contributed by atoms with Crippen LogP contribution in [0.1, 0.15) is 34.7 Å². The minimum absolute atomic E-state index is 0.146. The quantitative estimate of drug-likeness (QED) is 0.262. The summed E-state index contributed by atoms with van der Waals surface area (Å²) >= 11 is 1.33. The van der Waals surface area contributed by atoms with Gasteiger partial charge in [0.05, 0.1) is 0 Å². The lowest BCUT2D eigenvalue weighted by Gasteiger charge is -2.30. The number of amides is 3. The average molecular weight is 547 g/mol. The highest BCUT2D eigenvalue weighted by Crippen LogP contribution is 2.31. The average Bonchev–Trinajstić information content (AvgIpc) is 3.62. The maximum atomic E-state index is 13.6. The second-order valence-corrected chi connectivity index (χ2v) is 9.62. The molecule has 0 aliphatic rings. The summed E-state index contributed by atoms with van der Waals surface area (Å²) in [5.74, 6) is -1.20. The van der Waals surface area contributed by atoms with Crippen LogP contribution in [0.25, 0.3) is 0 Å². The molecule has 4 rings (SSSR count). The molecule has 8 nitrogen and oxygen atoms in total. The number of carbonyl (C=O) groups excluding carboxylic acids is 3. The third-order valence-electron chi connectivity index (χ3n) is 5.82. The number of thiophene rings is 1. The topological polar surface area (TPSA) is 105 Å². The normalized spacial score (nSPS) is 11.8. The van der Waals surface area contributed by atoms with E-state index in [2.05, 4.69) is 15.8 Å². The number of halogens is 1. The summed E-state index contributed by atoms with van der Waals surface area (Å²) in [7, 11) is 0. The fourth-order valence-corrected chi connectivity index (χ4v) is 4.64. The van der Waals surface area contributed by atoms with Crippen LogP contribution in [-0.2, 0) is 27.3 Å². The van der Waals surface area contributed by atoms with Crippen LogP contribution in [0.5, 0.6) is 0 Å². The van der Waals surface area contributed by atoms with Gasteiger partial charge in [0, 0.05) is 35.3 Å². The van der Waals surface area contributed by atoms with E-state index in [0.29, 0.717) is 21.9 Å². The van der Waals surface area contributed by atoms with Crippen molar-refractivity contribution >= 4 is 40.6 Å². The van der Waals surface area contributed by atoms with Crippen LogP contribution >= 0.6 is 11.3 Å². The molecule has 0 bridgehead atoms. The number of carbonyl (C=O) groups is 3. The van der Waals surface area contributed by atoms with Crippen molar-refractivity contribution in [2.75, 3.05) is 10.2 Å². The Labute approximate surface area is 229 Å². The van der Waals surface area contributed by atoms with Crippen molar-refractivity contribution in [3.05, 3.63) is 112 Å². The molecule has 2 heterocycles. The molecule has 0 saturated carbocycles. The third-order valence-corrected chi connectivity index (χ3v) is 6.74. The summed E-state index contributed by atoms with van der Waals surface area (Å²) in [6, 6.07) is 17.2. The molecule has 0 saturated heterocycles. The van der Waals surface area contributed by atoms with Gasteiger partial charge in [0.1, 0.15) is 17.6 Å². The van der Waals surface area contributed by atoms with Crippen molar-refractivity contribution in [3.8, 4) is 0 Å². The first-order valence-corrected chi connectivity index (χ1v) is 13.1. The molecular formula is C29H27FN4O4S. The Morgan fingerprint density at radius 2 is 1.77 bits per heavy atom. The molecule has 0 aliphatic carbocycles. The van der Waals surface area contributed by atoms with Gasteiger partial charge in [-0.3, -0.25) is 19.3 Å². The largest absolute Gasteiger partial charge is 0.360 e. The summed E-state index contributed by atoms with van der Waals surface area (Å²) in [5.41, 5.74) is 2.27. The molecule has 2 N–H and O–H groups in total. The van der Waals surface area contributed by atoms with Crippen molar-refractivity contribution < 1.29 is 23.3 Å². The van der Waals surface area contributed by atoms with Crippen LogP contribution in [0.15, 0.2) is 88.8 Å². The summed E-state index contributed by atoms with van der Waals surface area (Å²) in [4.78, 5) is 41.7. The van der Waals surface area contributed by atoms with Crippen molar-refractivity contribution in [2.24, 2.45) is 0 Å². The molecule has 2 aromatic heterocycles. The minimum Gasteiger partial charge on any atom is -0.360 e. The van der Waals surface area contributed by atoms with Crippen molar-refractivity contribution in [1.82, 2.24) is 10.5 Å². The van der Waals surface area contributed by atoms with Crippen LogP contribution in [0.4, 0.5) is 15.9 Å². The molecule has 0 spiro atoms. The van der Waals surface area contributed by atoms with Crippen LogP contribution in [0.3, 0.4) is 0 Å². The maximum Gasteiger partial charge on any atom is 0.252 e. The number of aryl methyl sites for hydroxylation is 2. The van der Waals surface area contributed by atoms with E-state index < -0.39 is 23.8 Å². The zero-order valence-electron chi connectivity index (χ0n) is 21.4. The predicted octanol–water partition coefficient (Wildman–Crippen LogP) is 5.33. The van der Waals surface area contributed by atoms with E-state index in [1.807, 2.05) is 24.4 Å². The van der Waals surface area contributed by atoms with E-state index in [0.717, 1.165) is 24.1 Å². The van der Waals surface area contributed by atoms with Crippen molar-refractivity contribution in [2.45, 2.75) is 32.9 Å². The van der Waals surface area contributed by atoms with Gasteiger partial charge in [-0.05, 0) is 60.2 Å². The Balaban J connectivity index is 1.63. The van der Waals surface area contributed by atoms with E-state index in [1.54, 1.807) is 49.4 Å². The number of hydrogen-bond donors (Lipinski definition) is 2. The molecule has 1 atom stereocenters. The number of benzene rings is 2. The first-order valence-electron chi connectivity index (χ1n) is 12.2. The number of rotatable bonds is 10. The summed E-state index contributed by atoms with van der Waals surface area (Å²) in [6.45, 7) is 3.86. The Hall–Kier alpha value is -4.57. The molecule has 0 unspecified atom stereocenters. The van der Waals surface area contributed by atoms with Crippen LogP contribution in [0.2, 0.25) is 0 Å². The monoisotopic (exact) mass is 546 g/mol. The Morgan fingerprint density at radius 3 is 2.38 bits per heavy atom. The molecule has 0 fully saturated rings. The second-order valence-electron chi connectivity index (χ2n) is 8.64. The molecule has 0 radical (unpaired) electrons. The molecule has 2 aromatic carbocycles. The zero-order valence-corrected chi connectivity index (χ0v) is 22.2. The highest BCUT2D eigenvalue weighted by Gasteiger charge is 2.32. The van der Waals surface area contributed by atoms with Crippen molar-refractivity contribution in [1.29, 1.82) is 0 Å². The van der Waals surface area contributed by atoms with E-state index in [4.69, 9.17) is 4.52 Å². The zero-order chi connectivity index (χ0) is 27.8. The van der Waals surface area contributed by atoms with Crippen LogP contribution in [0, 0.1) is 12.7 Å². The fraction of sp³-hybridized carbons (Fsp3) is 0.172. The third kappa shape index (κ3) is 7.26. The number of hydrogen-bond acceptors (Lipinski definition) is 6. The van der Waals surface area contributed by atoms with Gasteiger partial charge >= 0.3 is 0 Å². The van der Waals surface area contributed by atoms with Gasteiger partial charge < -0.3 is 15.2 Å². The van der Waals surface area contributed by atoms with Gasteiger partial charge in [-0.25, -0.2) is 4.39 Å². The van der Waals surface area contributed by atoms with Gasteiger partial charge in [-0.2, -0.15) is 0 Å². The van der Waals surface area contributed by atoms with E-state index in [9.17, 15) is 18.8 Å². The maximum absolute atomic E-state index is 13.6. The number of anilines is 2. The number of nitrogens with one attached hydrogen (secondary N) is 2. The van der Waals surface area contributed by atoms with E-state index in [-0.39, 0.29) is 18.2 Å².